The lowest BCUT2D eigenvalue weighted by Crippen LogP contribution is -2.22. The summed E-state index contributed by atoms with van der Waals surface area (Å²) < 4.78 is 4.63. The van der Waals surface area contributed by atoms with Gasteiger partial charge in [0.15, 0.2) is 11.6 Å². The summed E-state index contributed by atoms with van der Waals surface area (Å²) in [5, 5.41) is 0. The highest BCUT2D eigenvalue weighted by Gasteiger charge is 2.30. The predicted octanol–water partition coefficient (Wildman–Crippen LogP) is 2.49. The fourth-order valence-corrected chi connectivity index (χ4v) is 2.76. The zero-order valence-corrected chi connectivity index (χ0v) is 12.3. The molecule has 0 amide bonds. The smallest absolute Gasteiger partial charge is 0.309 e. The summed E-state index contributed by atoms with van der Waals surface area (Å²) in [6.07, 6.45) is 0.0753. The Morgan fingerprint density at radius 1 is 1.00 bits per heavy atom. The summed E-state index contributed by atoms with van der Waals surface area (Å²) in [7, 11) is 1.31. The lowest BCUT2D eigenvalue weighted by Gasteiger charge is -2.19. The van der Waals surface area contributed by atoms with E-state index in [1.165, 1.54) is 7.11 Å². The molecule has 0 saturated heterocycles. The van der Waals surface area contributed by atoms with Crippen LogP contribution in [0.5, 0.6) is 0 Å². The molecule has 0 unspecified atom stereocenters. The lowest BCUT2D eigenvalue weighted by molar-refractivity contribution is -0.139. The van der Waals surface area contributed by atoms with Crippen molar-refractivity contribution in [2.75, 3.05) is 7.11 Å². The van der Waals surface area contributed by atoms with Crippen LogP contribution in [0.3, 0.4) is 0 Å². The Bertz CT molecular complexity index is 818. The van der Waals surface area contributed by atoms with Crippen LogP contribution < -0.4 is 0 Å². The zero-order chi connectivity index (χ0) is 15.9. The zero-order valence-electron chi connectivity index (χ0n) is 12.3. The van der Waals surface area contributed by atoms with Crippen LogP contribution in [0.1, 0.15) is 43.0 Å². The van der Waals surface area contributed by atoms with E-state index in [1.807, 2.05) is 13.0 Å². The summed E-state index contributed by atoms with van der Waals surface area (Å²) >= 11 is 0. The first kappa shape index (κ1) is 14.2. The standard InChI is InChI=1S/C18H14O4/c1-10-4-3-5-13-16(10)18(21)12-7-6-11(9-15(19)22-2)8-14(12)17(13)20/h3-8H,9H2,1-2H3. The second-order valence-corrected chi connectivity index (χ2v) is 5.29. The highest BCUT2D eigenvalue weighted by atomic mass is 16.5. The van der Waals surface area contributed by atoms with Crippen LogP contribution in [0.4, 0.5) is 0 Å². The lowest BCUT2D eigenvalue weighted by atomic mass is 9.81. The van der Waals surface area contributed by atoms with E-state index in [0.29, 0.717) is 27.8 Å². The molecule has 0 saturated carbocycles. The van der Waals surface area contributed by atoms with Gasteiger partial charge < -0.3 is 4.74 Å². The molecular formula is C18H14O4. The minimum atomic E-state index is -0.384. The Morgan fingerprint density at radius 3 is 2.50 bits per heavy atom. The van der Waals surface area contributed by atoms with Crippen molar-refractivity contribution in [3.63, 3.8) is 0 Å². The van der Waals surface area contributed by atoms with Crippen LogP contribution in [0.25, 0.3) is 0 Å². The molecule has 1 aliphatic rings. The predicted molar refractivity (Wildman–Crippen MR) is 80.2 cm³/mol. The van der Waals surface area contributed by atoms with Crippen LogP contribution in [0, 0.1) is 6.92 Å². The van der Waals surface area contributed by atoms with Gasteiger partial charge in [-0.1, -0.05) is 24.3 Å². The Balaban J connectivity index is 2.12. The van der Waals surface area contributed by atoms with Gasteiger partial charge in [-0.25, -0.2) is 0 Å². The van der Waals surface area contributed by atoms with Crippen molar-refractivity contribution in [1.82, 2.24) is 0 Å². The van der Waals surface area contributed by atoms with E-state index in [0.717, 1.165) is 5.56 Å². The first-order chi connectivity index (χ1) is 10.5. The molecule has 1 aliphatic carbocycles. The maximum absolute atomic E-state index is 12.6. The molecule has 2 aromatic carbocycles. The molecule has 0 atom stereocenters. The van der Waals surface area contributed by atoms with Gasteiger partial charge in [-0.15, -0.1) is 0 Å². The Kier molecular flexibility index (Phi) is 3.37. The first-order valence-electron chi connectivity index (χ1n) is 6.91. The second kappa shape index (κ2) is 5.22. The summed E-state index contributed by atoms with van der Waals surface area (Å²) in [5.41, 5.74) is 3.08. The van der Waals surface area contributed by atoms with Gasteiger partial charge in [-0.3, -0.25) is 14.4 Å². The molecule has 110 valence electrons. The second-order valence-electron chi connectivity index (χ2n) is 5.29. The molecule has 2 aromatic rings. The minimum absolute atomic E-state index is 0.0753. The van der Waals surface area contributed by atoms with Crippen molar-refractivity contribution in [3.05, 3.63) is 69.8 Å². The third kappa shape index (κ3) is 2.13. The number of ketones is 2. The fourth-order valence-electron chi connectivity index (χ4n) is 2.76. The van der Waals surface area contributed by atoms with Gasteiger partial charge in [0.2, 0.25) is 0 Å². The van der Waals surface area contributed by atoms with Gasteiger partial charge in [-0.2, -0.15) is 0 Å². The normalized spacial score (nSPS) is 12.6. The molecule has 0 heterocycles. The molecule has 0 spiro atoms. The average Bonchev–Trinajstić information content (AvgIpc) is 2.52. The number of carbonyl (C=O) groups is 3. The Labute approximate surface area is 127 Å². The third-order valence-electron chi connectivity index (χ3n) is 3.89. The van der Waals surface area contributed by atoms with Crippen molar-refractivity contribution in [1.29, 1.82) is 0 Å². The maximum atomic E-state index is 12.6. The number of ether oxygens (including phenoxy) is 1. The molecule has 0 bridgehead atoms. The van der Waals surface area contributed by atoms with Gasteiger partial charge in [-0.05, 0) is 30.2 Å². The molecule has 0 radical (unpaired) electrons. The van der Waals surface area contributed by atoms with Crippen LogP contribution in [0.15, 0.2) is 36.4 Å². The first-order valence-corrected chi connectivity index (χ1v) is 6.91. The number of methoxy groups -OCH3 is 1. The van der Waals surface area contributed by atoms with Crippen LogP contribution >= 0.6 is 0 Å². The SMILES string of the molecule is COC(=O)Cc1ccc2c(c1)C(=O)c1cccc(C)c1C2=O. The number of carbonyl (C=O) groups excluding carboxylic acids is 3. The summed E-state index contributed by atoms with van der Waals surface area (Å²) in [6, 6.07) is 10.2. The molecular weight excluding hydrogens is 280 g/mol. The molecule has 0 fully saturated rings. The Hall–Kier alpha value is -2.75. The van der Waals surface area contributed by atoms with E-state index in [4.69, 9.17) is 0 Å². The number of hydrogen-bond acceptors (Lipinski definition) is 4. The molecule has 4 nitrogen and oxygen atoms in total. The van der Waals surface area contributed by atoms with Crippen molar-refractivity contribution in [2.45, 2.75) is 13.3 Å². The average molecular weight is 294 g/mol. The monoisotopic (exact) mass is 294 g/mol. The molecule has 22 heavy (non-hydrogen) atoms. The number of esters is 1. The number of aryl methyl sites for hydroxylation is 1. The third-order valence-corrected chi connectivity index (χ3v) is 3.89. The van der Waals surface area contributed by atoms with Gasteiger partial charge in [0.25, 0.3) is 0 Å². The van der Waals surface area contributed by atoms with Crippen LogP contribution in [0.2, 0.25) is 0 Å². The molecule has 4 heteroatoms. The summed E-state index contributed by atoms with van der Waals surface area (Å²) in [5.74, 6) is -0.710. The molecule has 0 aromatic heterocycles. The van der Waals surface area contributed by atoms with Gasteiger partial charge in [0.1, 0.15) is 0 Å². The highest BCUT2D eigenvalue weighted by Crippen LogP contribution is 2.30. The van der Waals surface area contributed by atoms with E-state index >= 15 is 0 Å². The van der Waals surface area contributed by atoms with Gasteiger partial charge in [0.05, 0.1) is 13.5 Å². The van der Waals surface area contributed by atoms with Crippen molar-refractivity contribution < 1.29 is 19.1 Å². The van der Waals surface area contributed by atoms with Crippen molar-refractivity contribution >= 4 is 17.5 Å². The number of benzene rings is 2. The topological polar surface area (TPSA) is 60.4 Å². The Morgan fingerprint density at radius 2 is 1.77 bits per heavy atom. The van der Waals surface area contributed by atoms with Crippen molar-refractivity contribution in [3.8, 4) is 0 Å². The molecule has 0 aliphatic heterocycles. The minimum Gasteiger partial charge on any atom is -0.469 e. The maximum Gasteiger partial charge on any atom is 0.309 e. The number of hydrogen-bond donors (Lipinski definition) is 0. The molecule has 0 N–H and O–H groups in total. The number of fused-ring (bicyclic) bond motifs is 2. The van der Waals surface area contributed by atoms with E-state index in [1.54, 1.807) is 30.3 Å². The quantitative estimate of drug-likeness (QED) is 0.681. The van der Waals surface area contributed by atoms with Crippen molar-refractivity contribution in [2.24, 2.45) is 0 Å². The number of rotatable bonds is 2. The molecule has 3 rings (SSSR count). The fraction of sp³-hybridized carbons (Fsp3) is 0.167. The van der Waals surface area contributed by atoms with E-state index < -0.39 is 0 Å². The highest BCUT2D eigenvalue weighted by molar-refractivity contribution is 6.28. The van der Waals surface area contributed by atoms with Gasteiger partial charge in [0, 0.05) is 22.3 Å². The van der Waals surface area contributed by atoms with E-state index in [-0.39, 0.29) is 24.0 Å². The summed E-state index contributed by atoms with van der Waals surface area (Å²) in [6.45, 7) is 1.82. The van der Waals surface area contributed by atoms with Gasteiger partial charge >= 0.3 is 5.97 Å². The van der Waals surface area contributed by atoms with Crippen LogP contribution in [-0.2, 0) is 16.0 Å². The van der Waals surface area contributed by atoms with E-state index in [9.17, 15) is 14.4 Å². The summed E-state index contributed by atoms with van der Waals surface area (Å²) in [4.78, 5) is 36.6. The van der Waals surface area contributed by atoms with E-state index in [2.05, 4.69) is 4.74 Å². The largest absolute Gasteiger partial charge is 0.469 e. The van der Waals surface area contributed by atoms with Crippen LogP contribution in [-0.4, -0.2) is 24.6 Å².